The Balaban J connectivity index is 2.39. The van der Waals surface area contributed by atoms with Gasteiger partial charge < -0.3 is 5.32 Å². The van der Waals surface area contributed by atoms with E-state index in [1.165, 1.54) is 24.3 Å². The van der Waals surface area contributed by atoms with Gasteiger partial charge in [0.25, 0.3) is 0 Å². The Morgan fingerprint density at radius 2 is 2.16 bits per heavy atom. The Morgan fingerprint density at radius 3 is 2.79 bits per heavy atom. The van der Waals surface area contributed by atoms with Gasteiger partial charge in [-0.15, -0.1) is 0 Å². The van der Waals surface area contributed by atoms with E-state index in [0.717, 1.165) is 11.8 Å². The Labute approximate surface area is 113 Å². The zero-order valence-corrected chi connectivity index (χ0v) is 10.8. The van der Waals surface area contributed by atoms with Gasteiger partial charge in [-0.1, -0.05) is 17.8 Å². The summed E-state index contributed by atoms with van der Waals surface area (Å²) >= 11 is 1.05. The predicted octanol–water partition coefficient (Wildman–Crippen LogP) is 3.32. The lowest BCUT2D eigenvalue weighted by atomic mass is 10.3. The van der Waals surface area contributed by atoms with E-state index < -0.39 is 10.7 Å². The molecule has 0 aliphatic carbocycles. The van der Waals surface area contributed by atoms with Gasteiger partial charge in [-0.25, -0.2) is 9.37 Å². The van der Waals surface area contributed by atoms with Crippen molar-refractivity contribution < 1.29 is 9.31 Å². The number of nitro groups is 1. The van der Waals surface area contributed by atoms with Gasteiger partial charge in [-0.3, -0.25) is 10.1 Å². The van der Waals surface area contributed by atoms with Crippen LogP contribution >= 0.6 is 11.8 Å². The molecular weight excluding hydrogens is 269 g/mol. The number of nitrogens with one attached hydrogen (secondary N) is 1. The van der Waals surface area contributed by atoms with E-state index in [4.69, 9.17) is 0 Å². The van der Waals surface area contributed by atoms with Crippen molar-refractivity contribution in [3.05, 3.63) is 52.3 Å². The van der Waals surface area contributed by atoms with Crippen molar-refractivity contribution in [2.45, 2.75) is 9.92 Å². The average molecular weight is 279 g/mol. The standard InChI is InChI=1S/C12H10FN3O2S/c1-14-11-6-5-10(16(17)18)12(15-11)19-9-4-2-3-8(13)7-9/h2-7H,1H3,(H,14,15). The summed E-state index contributed by atoms with van der Waals surface area (Å²) in [6.07, 6.45) is 0. The fourth-order valence-corrected chi connectivity index (χ4v) is 2.36. The molecule has 0 aliphatic rings. The normalized spacial score (nSPS) is 10.2. The lowest BCUT2D eigenvalue weighted by Gasteiger charge is -2.05. The molecule has 7 heteroatoms. The third kappa shape index (κ3) is 3.19. The topological polar surface area (TPSA) is 68.1 Å². The first-order valence-electron chi connectivity index (χ1n) is 5.37. The van der Waals surface area contributed by atoms with Gasteiger partial charge in [0, 0.05) is 18.0 Å². The van der Waals surface area contributed by atoms with E-state index in [1.54, 1.807) is 19.2 Å². The van der Waals surface area contributed by atoms with Crippen molar-refractivity contribution in [3.8, 4) is 0 Å². The average Bonchev–Trinajstić information content (AvgIpc) is 2.38. The third-order valence-electron chi connectivity index (χ3n) is 2.30. The first kappa shape index (κ1) is 13.3. The highest BCUT2D eigenvalue weighted by molar-refractivity contribution is 7.99. The summed E-state index contributed by atoms with van der Waals surface area (Å²) in [5, 5.41) is 14.0. The molecule has 0 saturated carbocycles. The first-order chi connectivity index (χ1) is 9.10. The van der Waals surface area contributed by atoms with Gasteiger partial charge in [-0.2, -0.15) is 0 Å². The van der Waals surface area contributed by atoms with Crippen molar-refractivity contribution in [1.29, 1.82) is 0 Å². The predicted molar refractivity (Wildman–Crippen MR) is 71.0 cm³/mol. The van der Waals surface area contributed by atoms with Crippen molar-refractivity contribution in [1.82, 2.24) is 4.98 Å². The fourth-order valence-electron chi connectivity index (χ4n) is 1.43. The van der Waals surface area contributed by atoms with Crippen LogP contribution in [0, 0.1) is 15.9 Å². The second-order valence-corrected chi connectivity index (χ2v) is 4.65. The number of rotatable bonds is 4. The van der Waals surface area contributed by atoms with E-state index in [2.05, 4.69) is 10.3 Å². The van der Waals surface area contributed by atoms with Crippen LogP contribution in [0.1, 0.15) is 0 Å². The Kier molecular flexibility index (Phi) is 3.96. The molecule has 0 atom stereocenters. The maximum absolute atomic E-state index is 13.1. The number of halogens is 1. The molecule has 98 valence electrons. The second-order valence-electron chi connectivity index (χ2n) is 3.59. The lowest BCUT2D eigenvalue weighted by Crippen LogP contribution is -1.97. The van der Waals surface area contributed by atoms with Crippen LogP contribution in [0.4, 0.5) is 15.9 Å². The summed E-state index contributed by atoms with van der Waals surface area (Å²) in [5.74, 6) is 0.127. The van der Waals surface area contributed by atoms with E-state index in [0.29, 0.717) is 10.7 Å². The van der Waals surface area contributed by atoms with Gasteiger partial charge in [0.2, 0.25) is 0 Å². The van der Waals surface area contributed by atoms with Crippen LogP contribution in [0.2, 0.25) is 0 Å². The molecule has 2 rings (SSSR count). The highest BCUT2D eigenvalue weighted by atomic mass is 32.2. The number of anilines is 1. The summed E-state index contributed by atoms with van der Waals surface area (Å²) in [5.41, 5.74) is -0.103. The van der Waals surface area contributed by atoms with Crippen LogP contribution in [0.25, 0.3) is 0 Å². The van der Waals surface area contributed by atoms with Gasteiger partial charge in [0.05, 0.1) is 4.92 Å². The van der Waals surface area contributed by atoms with Gasteiger partial charge >= 0.3 is 5.69 Å². The van der Waals surface area contributed by atoms with Crippen LogP contribution in [0.15, 0.2) is 46.3 Å². The number of benzene rings is 1. The van der Waals surface area contributed by atoms with Crippen molar-refractivity contribution in [2.75, 3.05) is 12.4 Å². The minimum atomic E-state index is -0.506. The maximum atomic E-state index is 13.1. The van der Waals surface area contributed by atoms with E-state index >= 15 is 0 Å². The van der Waals surface area contributed by atoms with Crippen LogP contribution in [0.5, 0.6) is 0 Å². The minimum absolute atomic E-state index is 0.103. The van der Waals surface area contributed by atoms with Crippen molar-refractivity contribution in [2.24, 2.45) is 0 Å². The molecule has 1 aromatic heterocycles. The van der Waals surface area contributed by atoms with Crippen LogP contribution < -0.4 is 5.32 Å². The highest BCUT2D eigenvalue weighted by Gasteiger charge is 2.17. The van der Waals surface area contributed by atoms with Gasteiger partial charge in [-0.05, 0) is 24.3 Å². The van der Waals surface area contributed by atoms with Crippen molar-refractivity contribution >= 4 is 23.3 Å². The summed E-state index contributed by atoms with van der Waals surface area (Å²) in [6, 6.07) is 8.74. The van der Waals surface area contributed by atoms with E-state index in [-0.39, 0.29) is 10.7 Å². The molecule has 0 amide bonds. The first-order valence-corrected chi connectivity index (χ1v) is 6.18. The Bertz CT molecular complexity index is 622. The molecule has 0 bridgehead atoms. The number of hydrogen-bond donors (Lipinski definition) is 1. The largest absolute Gasteiger partial charge is 0.373 e. The quantitative estimate of drug-likeness (QED) is 0.686. The summed E-state index contributed by atoms with van der Waals surface area (Å²) in [6.45, 7) is 0. The smallest absolute Gasteiger partial charge is 0.301 e. The molecular formula is C12H10FN3O2S. The number of hydrogen-bond acceptors (Lipinski definition) is 5. The molecule has 0 radical (unpaired) electrons. The van der Waals surface area contributed by atoms with Crippen molar-refractivity contribution in [3.63, 3.8) is 0 Å². The van der Waals surface area contributed by atoms with Crippen LogP contribution in [-0.2, 0) is 0 Å². The maximum Gasteiger partial charge on any atom is 0.301 e. The molecule has 5 nitrogen and oxygen atoms in total. The molecule has 0 fully saturated rings. The molecule has 0 aliphatic heterocycles. The zero-order valence-electron chi connectivity index (χ0n) is 9.96. The molecule has 19 heavy (non-hydrogen) atoms. The van der Waals surface area contributed by atoms with E-state index in [9.17, 15) is 14.5 Å². The monoisotopic (exact) mass is 279 g/mol. The second kappa shape index (κ2) is 5.66. The van der Waals surface area contributed by atoms with Gasteiger partial charge in [0.15, 0.2) is 5.03 Å². The molecule has 1 aromatic carbocycles. The number of aromatic nitrogens is 1. The number of nitrogens with zero attached hydrogens (tertiary/aromatic N) is 2. The zero-order chi connectivity index (χ0) is 13.8. The van der Waals surface area contributed by atoms with E-state index in [1.807, 2.05) is 0 Å². The molecule has 0 unspecified atom stereocenters. The molecule has 2 aromatic rings. The summed E-state index contributed by atoms with van der Waals surface area (Å²) in [7, 11) is 1.67. The fraction of sp³-hybridized carbons (Fsp3) is 0.0833. The minimum Gasteiger partial charge on any atom is -0.373 e. The molecule has 0 saturated heterocycles. The summed E-state index contributed by atoms with van der Waals surface area (Å²) < 4.78 is 13.1. The molecule has 0 spiro atoms. The summed E-state index contributed by atoms with van der Waals surface area (Å²) in [4.78, 5) is 15.1. The van der Waals surface area contributed by atoms with Crippen LogP contribution in [-0.4, -0.2) is 17.0 Å². The highest BCUT2D eigenvalue weighted by Crippen LogP contribution is 2.34. The molecule has 1 N–H and O–H groups in total. The Hall–Kier alpha value is -2.15. The van der Waals surface area contributed by atoms with Crippen LogP contribution in [0.3, 0.4) is 0 Å². The lowest BCUT2D eigenvalue weighted by molar-refractivity contribution is -0.388. The number of pyridine rings is 1. The SMILES string of the molecule is CNc1ccc([N+](=O)[O-])c(Sc2cccc(F)c2)n1. The Morgan fingerprint density at radius 1 is 1.37 bits per heavy atom. The van der Waals surface area contributed by atoms with Gasteiger partial charge in [0.1, 0.15) is 11.6 Å². The third-order valence-corrected chi connectivity index (χ3v) is 3.29. The molecule has 1 heterocycles.